The molecular weight excluding hydrogens is 256 g/mol. The molecule has 9 nitrogen and oxygen atoms in total. The topological polar surface area (TPSA) is 111 Å². The molecule has 0 spiro atoms. The Balaban J connectivity index is 2.18. The quantitative estimate of drug-likeness (QED) is 0.625. The van der Waals surface area contributed by atoms with Gasteiger partial charge in [0.2, 0.25) is 5.82 Å². The van der Waals surface area contributed by atoms with Crippen molar-refractivity contribution in [1.82, 2.24) is 14.6 Å². The first-order chi connectivity index (χ1) is 8.90. The second kappa shape index (κ2) is 4.94. The molecule has 19 heavy (non-hydrogen) atoms. The van der Waals surface area contributed by atoms with Crippen LogP contribution in [0.1, 0.15) is 24.7 Å². The van der Waals surface area contributed by atoms with E-state index < -0.39 is 17.0 Å². The molecule has 0 amide bonds. The first kappa shape index (κ1) is 13.4. The first-order valence-electron chi connectivity index (χ1n) is 5.67. The Morgan fingerprint density at radius 3 is 2.89 bits per heavy atom. The molecule has 1 aromatic rings. The molecule has 1 saturated heterocycles. The SMILES string of the molecule is CN1OC(CC(=O)O)CC1c1ncc([N+](=O)[O-])n1C. The van der Waals surface area contributed by atoms with Gasteiger partial charge in [-0.3, -0.25) is 9.63 Å². The maximum Gasteiger partial charge on any atom is 0.342 e. The highest BCUT2D eigenvalue weighted by Crippen LogP contribution is 2.34. The van der Waals surface area contributed by atoms with Gasteiger partial charge in [0.15, 0.2) is 0 Å². The van der Waals surface area contributed by atoms with Crippen molar-refractivity contribution in [3.05, 3.63) is 22.1 Å². The van der Waals surface area contributed by atoms with Gasteiger partial charge in [0.1, 0.15) is 12.2 Å². The largest absolute Gasteiger partial charge is 0.481 e. The minimum Gasteiger partial charge on any atom is -0.481 e. The fourth-order valence-corrected chi connectivity index (χ4v) is 2.23. The highest BCUT2D eigenvalue weighted by Gasteiger charge is 2.38. The van der Waals surface area contributed by atoms with Crippen LogP contribution in [0.15, 0.2) is 6.20 Å². The lowest BCUT2D eigenvalue weighted by Crippen LogP contribution is -2.20. The number of nitrogens with zero attached hydrogens (tertiary/aromatic N) is 4. The molecule has 0 radical (unpaired) electrons. The number of nitro groups is 1. The van der Waals surface area contributed by atoms with Crippen molar-refractivity contribution < 1.29 is 19.7 Å². The normalized spacial score (nSPS) is 23.7. The number of hydrogen-bond donors (Lipinski definition) is 1. The van der Waals surface area contributed by atoms with Crippen LogP contribution in [-0.4, -0.2) is 43.8 Å². The summed E-state index contributed by atoms with van der Waals surface area (Å²) < 4.78 is 1.38. The molecule has 1 aliphatic heterocycles. The van der Waals surface area contributed by atoms with Gasteiger partial charge in [-0.2, -0.15) is 5.06 Å². The number of hydroxylamine groups is 2. The Kier molecular flexibility index (Phi) is 3.49. The molecule has 0 saturated carbocycles. The summed E-state index contributed by atoms with van der Waals surface area (Å²) in [6.45, 7) is 0. The van der Waals surface area contributed by atoms with E-state index in [0.29, 0.717) is 12.2 Å². The van der Waals surface area contributed by atoms with E-state index in [-0.39, 0.29) is 18.3 Å². The highest BCUT2D eigenvalue weighted by molar-refractivity contribution is 5.67. The third-order valence-corrected chi connectivity index (χ3v) is 3.13. The van der Waals surface area contributed by atoms with Crippen LogP contribution in [0.2, 0.25) is 0 Å². The van der Waals surface area contributed by atoms with Crippen molar-refractivity contribution in [1.29, 1.82) is 0 Å². The predicted molar refractivity (Wildman–Crippen MR) is 62.1 cm³/mol. The fourth-order valence-electron chi connectivity index (χ4n) is 2.23. The summed E-state index contributed by atoms with van der Waals surface area (Å²) in [4.78, 5) is 30.3. The van der Waals surface area contributed by atoms with Crippen molar-refractivity contribution >= 4 is 11.8 Å². The Labute approximate surface area is 108 Å². The maximum atomic E-state index is 10.8. The Morgan fingerprint density at radius 1 is 1.68 bits per heavy atom. The van der Waals surface area contributed by atoms with E-state index in [9.17, 15) is 14.9 Å². The molecule has 1 aliphatic rings. The maximum absolute atomic E-state index is 10.8. The second-order valence-corrected chi connectivity index (χ2v) is 4.41. The molecule has 2 heterocycles. The predicted octanol–water partition coefficient (Wildman–Crippen LogP) is 0.480. The lowest BCUT2D eigenvalue weighted by Gasteiger charge is -2.14. The van der Waals surface area contributed by atoms with E-state index in [1.165, 1.54) is 15.8 Å². The van der Waals surface area contributed by atoms with E-state index in [0.717, 1.165) is 0 Å². The summed E-state index contributed by atoms with van der Waals surface area (Å²) in [5, 5.41) is 21.0. The zero-order chi connectivity index (χ0) is 14.2. The Morgan fingerprint density at radius 2 is 2.37 bits per heavy atom. The van der Waals surface area contributed by atoms with Crippen LogP contribution in [0.4, 0.5) is 5.82 Å². The minimum atomic E-state index is -0.940. The van der Waals surface area contributed by atoms with E-state index in [2.05, 4.69) is 4.98 Å². The first-order valence-corrected chi connectivity index (χ1v) is 5.67. The second-order valence-electron chi connectivity index (χ2n) is 4.41. The molecule has 104 valence electrons. The number of rotatable bonds is 4. The van der Waals surface area contributed by atoms with Gasteiger partial charge in [0.25, 0.3) is 0 Å². The average molecular weight is 270 g/mol. The molecule has 0 bridgehead atoms. The molecule has 1 N–H and O–H groups in total. The van der Waals surface area contributed by atoms with Crippen LogP contribution in [-0.2, 0) is 16.7 Å². The van der Waals surface area contributed by atoms with Gasteiger partial charge in [-0.1, -0.05) is 0 Å². The third kappa shape index (κ3) is 2.56. The van der Waals surface area contributed by atoms with Crippen LogP contribution in [0, 0.1) is 10.1 Å². The summed E-state index contributed by atoms with van der Waals surface area (Å²) >= 11 is 0. The van der Waals surface area contributed by atoms with Crippen LogP contribution in [0.25, 0.3) is 0 Å². The standard InChI is InChI=1S/C10H14N4O5/c1-12-8(14(17)18)5-11-10(12)7-3-6(4-9(15)16)19-13(7)2/h5-7H,3-4H2,1-2H3,(H,15,16). The molecular formula is C10H14N4O5. The number of carboxylic acids is 1. The molecule has 0 aliphatic carbocycles. The Bertz CT molecular complexity index is 514. The average Bonchev–Trinajstić information content (AvgIpc) is 2.81. The van der Waals surface area contributed by atoms with Crippen molar-refractivity contribution in [2.45, 2.75) is 25.0 Å². The molecule has 1 fully saturated rings. The summed E-state index contributed by atoms with van der Waals surface area (Å²) in [7, 11) is 3.21. The highest BCUT2D eigenvalue weighted by atomic mass is 16.7. The van der Waals surface area contributed by atoms with Gasteiger partial charge in [0, 0.05) is 13.5 Å². The van der Waals surface area contributed by atoms with Gasteiger partial charge in [-0.15, -0.1) is 0 Å². The number of carbonyl (C=O) groups is 1. The molecule has 0 aromatic carbocycles. The lowest BCUT2D eigenvalue weighted by molar-refractivity contribution is -0.391. The molecule has 9 heteroatoms. The van der Waals surface area contributed by atoms with Crippen molar-refractivity contribution in [2.24, 2.45) is 7.05 Å². The summed E-state index contributed by atoms with van der Waals surface area (Å²) in [5.41, 5.74) is 0. The van der Waals surface area contributed by atoms with E-state index in [1.54, 1.807) is 14.1 Å². The van der Waals surface area contributed by atoms with Crippen molar-refractivity contribution in [3.8, 4) is 0 Å². The monoisotopic (exact) mass is 270 g/mol. The van der Waals surface area contributed by atoms with Crippen LogP contribution in [0.3, 0.4) is 0 Å². The molecule has 2 atom stereocenters. The smallest absolute Gasteiger partial charge is 0.342 e. The van der Waals surface area contributed by atoms with Gasteiger partial charge in [-0.25, -0.2) is 9.55 Å². The van der Waals surface area contributed by atoms with Gasteiger partial charge in [-0.05, 0) is 4.92 Å². The lowest BCUT2D eigenvalue weighted by atomic mass is 10.1. The third-order valence-electron chi connectivity index (χ3n) is 3.13. The zero-order valence-electron chi connectivity index (χ0n) is 10.5. The number of hydrogen-bond acceptors (Lipinski definition) is 6. The summed E-state index contributed by atoms with van der Waals surface area (Å²) in [6.07, 6.45) is 1.08. The molecule has 2 rings (SSSR count). The summed E-state index contributed by atoms with van der Waals surface area (Å²) in [6, 6.07) is -0.289. The summed E-state index contributed by atoms with van der Waals surface area (Å²) in [5.74, 6) is -0.558. The number of aromatic nitrogens is 2. The number of carboxylic acid groups (broad SMARTS) is 1. The van der Waals surface area contributed by atoms with Crippen molar-refractivity contribution in [3.63, 3.8) is 0 Å². The van der Waals surface area contributed by atoms with Gasteiger partial charge >= 0.3 is 11.8 Å². The fraction of sp³-hybridized carbons (Fsp3) is 0.600. The molecule has 2 unspecified atom stereocenters. The Hall–Kier alpha value is -2.00. The van der Waals surface area contributed by atoms with Crippen molar-refractivity contribution in [2.75, 3.05) is 7.05 Å². The number of aliphatic carboxylic acids is 1. The van der Waals surface area contributed by atoms with Crippen LogP contribution >= 0.6 is 0 Å². The van der Waals surface area contributed by atoms with Gasteiger partial charge < -0.3 is 15.2 Å². The number of imidazole rings is 1. The van der Waals surface area contributed by atoms with E-state index in [1.807, 2.05) is 0 Å². The van der Waals surface area contributed by atoms with Crippen LogP contribution in [0.5, 0.6) is 0 Å². The van der Waals surface area contributed by atoms with Gasteiger partial charge in [0.05, 0.1) is 19.6 Å². The van der Waals surface area contributed by atoms with Crippen LogP contribution < -0.4 is 0 Å². The molecule has 1 aromatic heterocycles. The zero-order valence-corrected chi connectivity index (χ0v) is 10.5. The van der Waals surface area contributed by atoms with E-state index >= 15 is 0 Å². The van der Waals surface area contributed by atoms with E-state index in [4.69, 9.17) is 9.94 Å². The minimum absolute atomic E-state index is 0.104.